The van der Waals surface area contributed by atoms with Gasteiger partial charge in [-0.2, -0.15) is 4.80 Å². The number of amides is 1. The minimum absolute atomic E-state index is 0.0802. The van der Waals surface area contributed by atoms with E-state index in [4.69, 9.17) is 9.15 Å². The van der Waals surface area contributed by atoms with E-state index in [1.54, 1.807) is 24.3 Å². The highest BCUT2D eigenvalue weighted by Crippen LogP contribution is 2.20. The molecule has 10 heteroatoms. The van der Waals surface area contributed by atoms with Crippen LogP contribution in [0.4, 0.5) is 5.69 Å². The zero-order valence-electron chi connectivity index (χ0n) is 14.6. The van der Waals surface area contributed by atoms with Crippen LogP contribution in [-0.4, -0.2) is 36.3 Å². The number of hydrogen-bond donors (Lipinski definition) is 1. The SMILES string of the molecule is O=C(Cn1nnc(COc2ccccc2)n1)Nc1cccc(-c2nnco2)c1. The van der Waals surface area contributed by atoms with Crippen molar-refractivity contribution in [2.75, 3.05) is 5.32 Å². The fourth-order valence-electron chi connectivity index (χ4n) is 2.42. The number of rotatable bonds is 7. The van der Waals surface area contributed by atoms with Crippen molar-refractivity contribution in [3.63, 3.8) is 0 Å². The van der Waals surface area contributed by atoms with Crippen LogP contribution in [0.3, 0.4) is 0 Å². The lowest BCUT2D eigenvalue weighted by Crippen LogP contribution is -2.20. The van der Waals surface area contributed by atoms with E-state index in [0.29, 0.717) is 28.7 Å². The standard InChI is InChI=1S/C18H15N7O3/c26-17(20-14-6-4-5-13(9-14)18-22-19-12-28-18)10-25-23-16(21-24-25)11-27-15-7-2-1-3-8-15/h1-9,12H,10-11H2,(H,20,26). The van der Waals surface area contributed by atoms with E-state index < -0.39 is 0 Å². The largest absolute Gasteiger partial charge is 0.485 e. The highest BCUT2D eigenvalue weighted by Gasteiger charge is 2.10. The second-order valence-corrected chi connectivity index (χ2v) is 5.71. The van der Waals surface area contributed by atoms with Gasteiger partial charge in [0.1, 0.15) is 12.3 Å². The summed E-state index contributed by atoms with van der Waals surface area (Å²) in [6.45, 7) is 0.0843. The molecule has 0 bridgehead atoms. The number of ether oxygens (including phenoxy) is 1. The lowest BCUT2D eigenvalue weighted by atomic mass is 10.2. The Bertz CT molecular complexity index is 1050. The van der Waals surface area contributed by atoms with Gasteiger partial charge in [-0.3, -0.25) is 4.79 Å². The molecule has 1 N–H and O–H groups in total. The monoisotopic (exact) mass is 377 g/mol. The van der Waals surface area contributed by atoms with Crippen molar-refractivity contribution < 1.29 is 13.9 Å². The maximum atomic E-state index is 12.2. The van der Waals surface area contributed by atoms with Gasteiger partial charge in [0.05, 0.1) is 0 Å². The van der Waals surface area contributed by atoms with Crippen LogP contribution in [0.5, 0.6) is 5.75 Å². The van der Waals surface area contributed by atoms with Crippen LogP contribution in [0.1, 0.15) is 5.82 Å². The fraction of sp³-hybridized carbons (Fsp3) is 0.111. The van der Waals surface area contributed by atoms with E-state index in [1.807, 2.05) is 30.3 Å². The van der Waals surface area contributed by atoms with Crippen LogP contribution in [0.2, 0.25) is 0 Å². The Morgan fingerprint density at radius 3 is 2.82 bits per heavy atom. The summed E-state index contributed by atoms with van der Waals surface area (Å²) in [6.07, 6.45) is 1.25. The van der Waals surface area contributed by atoms with Crippen LogP contribution in [0, 0.1) is 0 Å². The molecule has 0 saturated carbocycles. The van der Waals surface area contributed by atoms with Crippen LogP contribution in [0.25, 0.3) is 11.5 Å². The van der Waals surface area contributed by atoms with Gasteiger partial charge in [0.25, 0.3) is 0 Å². The van der Waals surface area contributed by atoms with Crippen molar-refractivity contribution in [1.82, 2.24) is 30.4 Å². The highest BCUT2D eigenvalue weighted by molar-refractivity contribution is 5.91. The third-order valence-corrected chi connectivity index (χ3v) is 3.64. The van der Waals surface area contributed by atoms with Crippen LogP contribution in [-0.2, 0) is 17.9 Å². The molecule has 0 radical (unpaired) electrons. The van der Waals surface area contributed by atoms with Gasteiger partial charge in [-0.25, -0.2) is 0 Å². The number of nitrogens with zero attached hydrogens (tertiary/aromatic N) is 6. The Morgan fingerprint density at radius 2 is 2.00 bits per heavy atom. The molecule has 4 aromatic rings. The third kappa shape index (κ3) is 4.36. The number of benzene rings is 2. The smallest absolute Gasteiger partial charge is 0.248 e. The van der Waals surface area contributed by atoms with Crippen LogP contribution < -0.4 is 10.1 Å². The highest BCUT2D eigenvalue weighted by atomic mass is 16.5. The van der Waals surface area contributed by atoms with Gasteiger partial charge < -0.3 is 14.5 Å². The summed E-state index contributed by atoms with van der Waals surface area (Å²) in [6, 6.07) is 16.4. The van der Waals surface area contributed by atoms with Gasteiger partial charge in [0, 0.05) is 11.3 Å². The Hall–Kier alpha value is -4.08. The third-order valence-electron chi connectivity index (χ3n) is 3.64. The van der Waals surface area contributed by atoms with Crippen molar-refractivity contribution in [1.29, 1.82) is 0 Å². The van der Waals surface area contributed by atoms with Gasteiger partial charge in [-0.15, -0.1) is 20.4 Å². The summed E-state index contributed by atoms with van der Waals surface area (Å²) in [5.41, 5.74) is 1.29. The van der Waals surface area contributed by atoms with Gasteiger partial charge in [0.2, 0.25) is 24.0 Å². The van der Waals surface area contributed by atoms with E-state index in [-0.39, 0.29) is 19.1 Å². The van der Waals surface area contributed by atoms with Crippen molar-refractivity contribution in [3.8, 4) is 17.2 Å². The van der Waals surface area contributed by atoms with Crippen molar-refractivity contribution >= 4 is 11.6 Å². The van der Waals surface area contributed by atoms with Gasteiger partial charge in [-0.05, 0) is 35.5 Å². The molecule has 1 amide bonds. The van der Waals surface area contributed by atoms with Crippen molar-refractivity contribution in [3.05, 3.63) is 66.8 Å². The molecule has 140 valence electrons. The van der Waals surface area contributed by atoms with Gasteiger partial charge >= 0.3 is 0 Å². The first-order chi connectivity index (χ1) is 13.8. The minimum Gasteiger partial charge on any atom is -0.485 e. The Balaban J connectivity index is 1.33. The minimum atomic E-state index is -0.296. The van der Waals surface area contributed by atoms with Gasteiger partial charge in [-0.1, -0.05) is 24.3 Å². The Morgan fingerprint density at radius 1 is 1.11 bits per heavy atom. The number of nitrogens with one attached hydrogen (secondary N) is 1. The summed E-state index contributed by atoms with van der Waals surface area (Å²) in [5.74, 6) is 1.17. The number of tetrazole rings is 1. The van der Waals surface area contributed by atoms with Crippen LogP contribution >= 0.6 is 0 Å². The molecule has 0 atom stereocenters. The van der Waals surface area contributed by atoms with Gasteiger partial charge in [0.15, 0.2) is 6.61 Å². The normalized spacial score (nSPS) is 10.6. The Kier molecular flexibility index (Phi) is 5.00. The molecule has 0 spiro atoms. The number of anilines is 1. The van der Waals surface area contributed by atoms with E-state index in [1.165, 1.54) is 11.2 Å². The molecule has 10 nitrogen and oxygen atoms in total. The molecule has 0 saturated heterocycles. The average Bonchev–Trinajstić information content (AvgIpc) is 3.40. The summed E-state index contributed by atoms with van der Waals surface area (Å²) >= 11 is 0. The predicted octanol–water partition coefficient (Wildman–Crippen LogP) is 1.94. The van der Waals surface area contributed by atoms with E-state index in [0.717, 1.165) is 0 Å². The lowest BCUT2D eigenvalue weighted by molar-refractivity contribution is -0.117. The zero-order valence-corrected chi connectivity index (χ0v) is 14.6. The zero-order chi connectivity index (χ0) is 19.2. The predicted molar refractivity (Wildman–Crippen MR) is 97.0 cm³/mol. The molecule has 2 aromatic heterocycles. The molecule has 0 aliphatic carbocycles. The number of carbonyl (C=O) groups is 1. The molecule has 0 fully saturated rings. The second-order valence-electron chi connectivity index (χ2n) is 5.71. The molecular weight excluding hydrogens is 362 g/mol. The molecule has 28 heavy (non-hydrogen) atoms. The molecule has 4 rings (SSSR count). The molecule has 0 aliphatic rings. The quantitative estimate of drug-likeness (QED) is 0.519. The van der Waals surface area contributed by atoms with E-state index in [9.17, 15) is 4.79 Å². The average molecular weight is 377 g/mol. The first kappa shape index (κ1) is 17.3. The Labute approximate surface area is 159 Å². The molecule has 2 heterocycles. The number of hydrogen-bond acceptors (Lipinski definition) is 8. The van der Waals surface area contributed by atoms with Crippen molar-refractivity contribution in [2.45, 2.75) is 13.2 Å². The summed E-state index contributed by atoms with van der Waals surface area (Å²) in [4.78, 5) is 13.5. The van der Waals surface area contributed by atoms with E-state index >= 15 is 0 Å². The summed E-state index contributed by atoms with van der Waals surface area (Å²) < 4.78 is 10.7. The lowest BCUT2D eigenvalue weighted by Gasteiger charge is -2.05. The van der Waals surface area contributed by atoms with Crippen LogP contribution in [0.15, 0.2) is 65.4 Å². The number of carbonyl (C=O) groups excluding carboxylic acids is 1. The fourth-order valence-corrected chi connectivity index (χ4v) is 2.42. The molecule has 0 unspecified atom stereocenters. The number of aromatic nitrogens is 6. The second kappa shape index (κ2) is 8.08. The first-order valence-corrected chi connectivity index (χ1v) is 8.37. The van der Waals surface area contributed by atoms with E-state index in [2.05, 4.69) is 30.9 Å². The topological polar surface area (TPSA) is 121 Å². The molecule has 2 aromatic carbocycles. The maximum Gasteiger partial charge on any atom is 0.248 e. The first-order valence-electron chi connectivity index (χ1n) is 8.37. The molecule has 0 aliphatic heterocycles. The maximum absolute atomic E-state index is 12.2. The van der Waals surface area contributed by atoms with Crippen molar-refractivity contribution in [2.24, 2.45) is 0 Å². The number of para-hydroxylation sites is 1. The summed E-state index contributed by atoms with van der Waals surface area (Å²) in [7, 11) is 0. The summed E-state index contributed by atoms with van der Waals surface area (Å²) in [5, 5.41) is 22.2. The molecular formula is C18H15N7O3.